The smallest absolute Gasteiger partial charge is 0.411 e. The maximum absolute atomic E-state index is 13.0. The van der Waals surface area contributed by atoms with E-state index in [0.29, 0.717) is 5.69 Å². The zero-order valence-corrected chi connectivity index (χ0v) is 17.5. The molecule has 1 aromatic carbocycles. The van der Waals surface area contributed by atoms with Gasteiger partial charge in [-0.2, -0.15) is 4.31 Å². The number of hydrogen-bond donors (Lipinski definition) is 1. The molecule has 152 valence electrons. The lowest BCUT2D eigenvalue weighted by molar-refractivity contribution is 0.187. The standard InChI is InChI=1S/C17H20N2O6S3/c1-25-17(20)18-13-4-6-14(7-5-13)28(23,24)19-9-8-16(15-3-2-11-26-15)27(21,22)12-10-19/h2-7,11,16H,8-10,12H2,1H3,(H,18,20)/t16-/m0/s1. The van der Waals surface area contributed by atoms with Crippen LogP contribution in [-0.4, -0.2) is 53.2 Å². The van der Waals surface area contributed by atoms with Crippen molar-refractivity contribution in [3.05, 3.63) is 46.7 Å². The molecule has 0 saturated carbocycles. The van der Waals surface area contributed by atoms with Crippen molar-refractivity contribution in [2.75, 3.05) is 31.3 Å². The Balaban J connectivity index is 1.80. The van der Waals surface area contributed by atoms with E-state index in [-0.39, 0.29) is 30.2 Å². The predicted octanol–water partition coefficient (Wildman–Crippen LogP) is 2.48. The third-order valence-corrected chi connectivity index (χ3v) is 9.64. The number of carbonyl (C=O) groups excluding carboxylic acids is 1. The molecule has 0 bridgehead atoms. The summed E-state index contributed by atoms with van der Waals surface area (Å²) in [4.78, 5) is 12.0. The Bertz CT molecular complexity index is 1030. The van der Waals surface area contributed by atoms with Gasteiger partial charge in [0.2, 0.25) is 10.0 Å². The first-order valence-corrected chi connectivity index (χ1v) is 12.5. The largest absolute Gasteiger partial charge is 0.453 e. The highest BCUT2D eigenvalue weighted by Crippen LogP contribution is 2.33. The lowest BCUT2D eigenvalue weighted by atomic mass is 10.2. The van der Waals surface area contributed by atoms with Gasteiger partial charge in [0.1, 0.15) is 0 Å². The molecule has 0 aliphatic carbocycles. The quantitative estimate of drug-likeness (QED) is 0.776. The fourth-order valence-corrected chi connectivity index (χ4v) is 7.56. The summed E-state index contributed by atoms with van der Waals surface area (Å²) in [6, 6.07) is 9.20. The lowest BCUT2D eigenvalue weighted by Gasteiger charge is -2.19. The number of nitrogens with one attached hydrogen (secondary N) is 1. The SMILES string of the molecule is COC(=O)Nc1ccc(S(=O)(=O)N2CC[C@@H](c3cccs3)S(=O)(=O)CC2)cc1. The van der Waals surface area contributed by atoms with E-state index in [1.165, 1.54) is 47.0 Å². The van der Waals surface area contributed by atoms with Gasteiger partial charge in [-0.25, -0.2) is 21.6 Å². The normalized spacial score (nSPS) is 20.2. The summed E-state index contributed by atoms with van der Waals surface area (Å²) in [6.45, 7) is 0.0288. The third kappa shape index (κ3) is 4.37. The Morgan fingerprint density at radius 2 is 1.93 bits per heavy atom. The molecule has 1 aliphatic heterocycles. The number of sulfone groups is 1. The van der Waals surface area contributed by atoms with Crippen LogP contribution in [0.15, 0.2) is 46.7 Å². The molecule has 0 radical (unpaired) electrons. The molecule has 8 nitrogen and oxygen atoms in total. The molecule has 2 heterocycles. The number of amides is 1. The maximum atomic E-state index is 13.0. The second kappa shape index (κ2) is 8.19. The minimum atomic E-state index is -3.85. The van der Waals surface area contributed by atoms with Crippen LogP contribution in [0.2, 0.25) is 0 Å². The van der Waals surface area contributed by atoms with Gasteiger partial charge in [0.25, 0.3) is 0 Å². The van der Waals surface area contributed by atoms with Crippen molar-refractivity contribution < 1.29 is 26.4 Å². The van der Waals surface area contributed by atoms with E-state index in [2.05, 4.69) is 10.1 Å². The monoisotopic (exact) mass is 444 g/mol. The number of anilines is 1. The lowest BCUT2D eigenvalue weighted by Crippen LogP contribution is -2.33. The van der Waals surface area contributed by atoms with Crippen LogP contribution in [-0.2, 0) is 24.6 Å². The fraction of sp³-hybridized carbons (Fsp3) is 0.353. The molecule has 1 saturated heterocycles. The van der Waals surface area contributed by atoms with Gasteiger partial charge in [-0.3, -0.25) is 5.32 Å². The van der Waals surface area contributed by atoms with Crippen LogP contribution in [0, 0.1) is 0 Å². The summed E-state index contributed by atoms with van der Waals surface area (Å²) >= 11 is 1.36. The van der Waals surface area contributed by atoms with Crippen molar-refractivity contribution in [3.8, 4) is 0 Å². The highest BCUT2D eigenvalue weighted by atomic mass is 32.2. The van der Waals surface area contributed by atoms with Crippen molar-refractivity contribution in [1.29, 1.82) is 0 Å². The molecular weight excluding hydrogens is 424 g/mol. The van der Waals surface area contributed by atoms with Gasteiger partial charge >= 0.3 is 6.09 Å². The minimum Gasteiger partial charge on any atom is -0.453 e. The van der Waals surface area contributed by atoms with Crippen LogP contribution < -0.4 is 5.32 Å². The van der Waals surface area contributed by atoms with Gasteiger partial charge in [0.15, 0.2) is 9.84 Å². The van der Waals surface area contributed by atoms with Crippen LogP contribution in [0.5, 0.6) is 0 Å². The summed E-state index contributed by atoms with van der Waals surface area (Å²) in [5.74, 6) is -0.225. The van der Waals surface area contributed by atoms with Gasteiger partial charge in [-0.1, -0.05) is 6.07 Å². The zero-order chi connectivity index (χ0) is 20.4. The fourth-order valence-electron chi connectivity index (χ4n) is 2.99. The Kier molecular flexibility index (Phi) is 6.08. The molecule has 3 rings (SSSR count). The predicted molar refractivity (Wildman–Crippen MR) is 107 cm³/mol. The van der Waals surface area contributed by atoms with E-state index in [1.807, 2.05) is 5.38 Å². The molecule has 1 aromatic heterocycles. The Labute approximate surface area is 168 Å². The van der Waals surface area contributed by atoms with Gasteiger partial charge in [-0.05, 0) is 42.1 Å². The van der Waals surface area contributed by atoms with E-state index in [4.69, 9.17) is 0 Å². The topological polar surface area (TPSA) is 110 Å². The number of benzene rings is 1. The molecule has 11 heteroatoms. The number of thiophene rings is 1. The summed E-state index contributed by atoms with van der Waals surface area (Å²) in [7, 11) is -6.06. The number of carbonyl (C=O) groups is 1. The van der Waals surface area contributed by atoms with Crippen molar-refractivity contribution in [3.63, 3.8) is 0 Å². The number of ether oxygens (including phenoxy) is 1. The van der Waals surface area contributed by atoms with E-state index in [0.717, 1.165) is 4.88 Å². The van der Waals surface area contributed by atoms with Crippen molar-refractivity contribution in [1.82, 2.24) is 4.31 Å². The third-order valence-electron chi connectivity index (χ3n) is 4.48. The van der Waals surface area contributed by atoms with Gasteiger partial charge in [-0.15, -0.1) is 11.3 Å². The molecule has 0 spiro atoms. The Morgan fingerprint density at radius 3 is 2.54 bits per heavy atom. The first kappa shape index (κ1) is 20.8. The molecule has 1 atom stereocenters. The van der Waals surface area contributed by atoms with Crippen molar-refractivity contribution >= 4 is 43.0 Å². The zero-order valence-electron chi connectivity index (χ0n) is 15.1. The second-order valence-electron chi connectivity index (χ2n) is 6.20. The molecule has 28 heavy (non-hydrogen) atoms. The molecule has 1 fully saturated rings. The molecular formula is C17H20N2O6S3. The first-order valence-electron chi connectivity index (χ1n) is 8.44. The average molecular weight is 445 g/mol. The molecule has 1 amide bonds. The molecule has 0 unspecified atom stereocenters. The Morgan fingerprint density at radius 1 is 1.21 bits per heavy atom. The summed E-state index contributed by atoms with van der Waals surface area (Å²) in [5.41, 5.74) is 0.391. The highest BCUT2D eigenvalue weighted by molar-refractivity contribution is 7.92. The highest BCUT2D eigenvalue weighted by Gasteiger charge is 2.36. The van der Waals surface area contributed by atoms with E-state index >= 15 is 0 Å². The van der Waals surface area contributed by atoms with Gasteiger partial charge in [0, 0.05) is 23.7 Å². The van der Waals surface area contributed by atoms with Gasteiger partial charge < -0.3 is 4.74 Å². The second-order valence-corrected chi connectivity index (χ2v) is 11.4. The van der Waals surface area contributed by atoms with E-state index in [9.17, 15) is 21.6 Å². The molecule has 2 aromatic rings. The Hall–Kier alpha value is -1.95. The summed E-state index contributed by atoms with van der Waals surface area (Å²) < 4.78 is 56.8. The summed E-state index contributed by atoms with van der Waals surface area (Å²) in [6.07, 6.45) is -0.447. The van der Waals surface area contributed by atoms with Crippen LogP contribution in [0.3, 0.4) is 0 Å². The van der Waals surface area contributed by atoms with Crippen LogP contribution in [0.1, 0.15) is 16.5 Å². The average Bonchev–Trinajstić information content (AvgIpc) is 3.13. The van der Waals surface area contributed by atoms with Crippen molar-refractivity contribution in [2.24, 2.45) is 0 Å². The van der Waals surface area contributed by atoms with Crippen LogP contribution >= 0.6 is 11.3 Å². The maximum Gasteiger partial charge on any atom is 0.411 e. The number of hydrogen-bond acceptors (Lipinski definition) is 7. The molecule has 1 N–H and O–H groups in total. The number of nitrogens with zero attached hydrogens (tertiary/aromatic N) is 1. The minimum absolute atomic E-state index is 0.0369. The van der Waals surface area contributed by atoms with Crippen molar-refractivity contribution in [2.45, 2.75) is 16.6 Å². The number of methoxy groups -OCH3 is 1. The van der Waals surface area contributed by atoms with Crippen LogP contribution in [0.4, 0.5) is 10.5 Å². The molecule has 1 aliphatic rings. The number of sulfonamides is 1. The van der Waals surface area contributed by atoms with E-state index < -0.39 is 31.2 Å². The first-order chi connectivity index (χ1) is 13.2. The van der Waals surface area contributed by atoms with Gasteiger partial charge in [0.05, 0.1) is 23.0 Å². The number of rotatable bonds is 4. The summed E-state index contributed by atoms with van der Waals surface area (Å²) in [5, 5.41) is 3.58. The van der Waals surface area contributed by atoms with Crippen LogP contribution in [0.25, 0.3) is 0 Å². The van der Waals surface area contributed by atoms with E-state index in [1.54, 1.807) is 12.1 Å².